The molecule has 2 aromatic heterocycles. The predicted octanol–water partition coefficient (Wildman–Crippen LogP) is 9.08. The van der Waals surface area contributed by atoms with Crippen molar-refractivity contribution in [3.8, 4) is 22.9 Å². The first kappa shape index (κ1) is 32.2. The number of furan rings is 1. The molecule has 0 unspecified atom stereocenters. The molecule has 2 heterocycles. The summed E-state index contributed by atoms with van der Waals surface area (Å²) in [6.07, 6.45) is 1.50. The number of aromatic nitrogens is 1. The van der Waals surface area contributed by atoms with Crippen LogP contribution < -0.4 is 19.6 Å². The van der Waals surface area contributed by atoms with Gasteiger partial charge in [0.1, 0.15) is 24.7 Å². The Balaban J connectivity index is 1.16. The lowest BCUT2D eigenvalue weighted by molar-refractivity contribution is 0.0923. The first-order valence-corrected chi connectivity index (χ1v) is 15.6. The second-order valence-electron chi connectivity index (χ2n) is 10.00. The van der Waals surface area contributed by atoms with E-state index in [1.807, 2.05) is 37.3 Å². The number of aryl methyl sites for hydroxylation is 2. The van der Waals surface area contributed by atoms with Crippen LogP contribution in [0.4, 0.5) is 0 Å². The van der Waals surface area contributed by atoms with E-state index >= 15 is 0 Å². The van der Waals surface area contributed by atoms with Crippen LogP contribution in [0.15, 0.2) is 92.9 Å². The molecule has 232 valence electrons. The van der Waals surface area contributed by atoms with E-state index in [2.05, 4.69) is 57.0 Å². The van der Waals surface area contributed by atoms with E-state index < -0.39 is 5.91 Å². The molecule has 5 aromatic rings. The first-order valence-electron chi connectivity index (χ1n) is 14.0. The number of nitrogens with one attached hydrogen (secondary N) is 1. The SMILES string of the molecule is CCOc1cc(/C=N/NC(=O)c2ccc(COc3ccc(-n4c(C)ccc4C)cc3)o2)cc(Br)c1OCc1ccc(Cl)c(Cl)c1. The van der Waals surface area contributed by atoms with Gasteiger partial charge in [-0.1, -0.05) is 29.3 Å². The highest BCUT2D eigenvalue weighted by Gasteiger charge is 2.14. The summed E-state index contributed by atoms with van der Waals surface area (Å²) < 4.78 is 26.2. The molecule has 1 N–H and O–H groups in total. The molecule has 5 rings (SSSR count). The minimum atomic E-state index is -0.495. The van der Waals surface area contributed by atoms with E-state index in [0.29, 0.717) is 49.7 Å². The van der Waals surface area contributed by atoms with Crippen LogP contribution in [0.25, 0.3) is 5.69 Å². The summed E-state index contributed by atoms with van der Waals surface area (Å²) in [7, 11) is 0. The molecule has 0 saturated carbocycles. The van der Waals surface area contributed by atoms with Crippen molar-refractivity contribution in [2.45, 2.75) is 34.0 Å². The smallest absolute Gasteiger partial charge is 0.307 e. The van der Waals surface area contributed by atoms with Crippen LogP contribution in [-0.4, -0.2) is 23.3 Å². The van der Waals surface area contributed by atoms with Crippen LogP contribution in [0.3, 0.4) is 0 Å². The van der Waals surface area contributed by atoms with Gasteiger partial charge in [-0.15, -0.1) is 0 Å². The third-order valence-corrected chi connectivity index (χ3v) is 8.04. The van der Waals surface area contributed by atoms with E-state index in [0.717, 1.165) is 22.6 Å². The van der Waals surface area contributed by atoms with Gasteiger partial charge in [-0.3, -0.25) is 4.79 Å². The van der Waals surface area contributed by atoms with Gasteiger partial charge < -0.3 is 23.2 Å². The minimum Gasteiger partial charge on any atom is -0.490 e. The standard InChI is InChI=1S/C34H30BrCl2N3O5/c1-4-42-32-17-24(15-28(35)33(32)44-19-23-7-13-29(36)30(37)16-23)18-38-39-34(41)31-14-12-27(45-31)20-43-26-10-8-25(9-11-26)40-21(2)5-6-22(40)3/h5-18H,4,19-20H2,1-3H3,(H,39,41)/b38-18+. The number of benzene rings is 3. The first-order chi connectivity index (χ1) is 21.7. The lowest BCUT2D eigenvalue weighted by Gasteiger charge is -2.15. The van der Waals surface area contributed by atoms with Crippen molar-refractivity contribution in [3.63, 3.8) is 0 Å². The monoisotopic (exact) mass is 709 g/mol. The lowest BCUT2D eigenvalue weighted by atomic mass is 10.2. The lowest BCUT2D eigenvalue weighted by Crippen LogP contribution is -2.16. The maximum absolute atomic E-state index is 12.6. The van der Waals surface area contributed by atoms with Gasteiger partial charge in [0, 0.05) is 17.1 Å². The highest BCUT2D eigenvalue weighted by molar-refractivity contribution is 9.10. The summed E-state index contributed by atoms with van der Waals surface area (Å²) in [5, 5.41) is 5.01. The summed E-state index contributed by atoms with van der Waals surface area (Å²) in [6.45, 7) is 6.87. The van der Waals surface area contributed by atoms with Crippen molar-refractivity contribution >= 4 is 51.3 Å². The molecule has 0 aliphatic carbocycles. The number of hydrogen-bond acceptors (Lipinski definition) is 6. The maximum Gasteiger partial charge on any atom is 0.307 e. The zero-order valence-corrected chi connectivity index (χ0v) is 27.9. The number of nitrogens with zero attached hydrogens (tertiary/aromatic N) is 2. The van der Waals surface area contributed by atoms with E-state index in [1.54, 1.807) is 36.4 Å². The number of rotatable bonds is 12. The molecule has 0 fully saturated rings. The summed E-state index contributed by atoms with van der Waals surface area (Å²) >= 11 is 15.7. The Morgan fingerprint density at radius 1 is 0.911 bits per heavy atom. The van der Waals surface area contributed by atoms with Crippen molar-refractivity contribution < 1.29 is 23.4 Å². The number of halogens is 3. The van der Waals surface area contributed by atoms with Gasteiger partial charge in [0.15, 0.2) is 17.3 Å². The van der Waals surface area contributed by atoms with E-state index in [4.69, 9.17) is 41.8 Å². The predicted molar refractivity (Wildman–Crippen MR) is 179 cm³/mol. The quantitative estimate of drug-likeness (QED) is 0.103. The van der Waals surface area contributed by atoms with Gasteiger partial charge in [0.05, 0.1) is 27.3 Å². The highest BCUT2D eigenvalue weighted by atomic mass is 79.9. The molecular formula is C34H30BrCl2N3O5. The molecule has 0 aliphatic rings. The fourth-order valence-electron chi connectivity index (χ4n) is 4.57. The Hall–Kier alpha value is -4.18. The van der Waals surface area contributed by atoms with Crippen molar-refractivity contribution in [1.82, 2.24) is 9.99 Å². The Morgan fingerprint density at radius 2 is 1.67 bits per heavy atom. The molecule has 0 bridgehead atoms. The zero-order valence-electron chi connectivity index (χ0n) is 24.8. The fourth-order valence-corrected chi connectivity index (χ4v) is 5.46. The average molecular weight is 711 g/mol. The molecule has 0 spiro atoms. The van der Waals surface area contributed by atoms with Crippen molar-refractivity contribution in [1.29, 1.82) is 0 Å². The fraction of sp³-hybridized carbons (Fsp3) is 0.176. The number of amides is 1. The summed E-state index contributed by atoms with van der Waals surface area (Å²) in [5.74, 6) is 1.85. The van der Waals surface area contributed by atoms with Crippen molar-refractivity contribution in [2.75, 3.05) is 6.61 Å². The Bertz CT molecular complexity index is 1810. The average Bonchev–Trinajstić information content (AvgIpc) is 3.64. The van der Waals surface area contributed by atoms with Gasteiger partial charge in [-0.25, -0.2) is 5.43 Å². The van der Waals surface area contributed by atoms with E-state index in [1.165, 1.54) is 6.21 Å². The molecule has 1 amide bonds. The van der Waals surface area contributed by atoms with E-state index in [9.17, 15) is 4.79 Å². The van der Waals surface area contributed by atoms with E-state index in [-0.39, 0.29) is 19.0 Å². The van der Waals surface area contributed by atoms with Crippen LogP contribution in [-0.2, 0) is 13.2 Å². The Kier molecular flexibility index (Phi) is 10.5. The largest absolute Gasteiger partial charge is 0.490 e. The second-order valence-corrected chi connectivity index (χ2v) is 11.7. The molecule has 8 nitrogen and oxygen atoms in total. The zero-order chi connectivity index (χ0) is 31.9. The summed E-state index contributed by atoms with van der Waals surface area (Å²) in [4.78, 5) is 12.6. The van der Waals surface area contributed by atoms with Gasteiger partial charge >= 0.3 is 5.91 Å². The molecule has 0 saturated heterocycles. The molecule has 0 radical (unpaired) electrons. The Morgan fingerprint density at radius 3 is 2.38 bits per heavy atom. The maximum atomic E-state index is 12.6. The Labute approximate surface area is 279 Å². The molecule has 45 heavy (non-hydrogen) atoms. The molecule has 0 aliphatic heterocycles. The molecular weight excluding hydrogens is 681 g/mol. The molecule has 3 aromatic carbocycles. The third kappa shape index (κ3) is 8.11. The van der Waals surface area contributed by atoms with Gasteiger partial charge in [-0.2, -0.15) is 5.10 Å². The molecule has 0 atom stereocenters. The molecule has 11 heteroatoms. The summed E-state index contributed by atoms with van der Waals surface area (Å²) in [5.41, 5.74) is 7.40. The van der Waals surface area contributed by atoms with Crippen LogP contribution in [0.1, 0.15) is 45.8 Å². The highest BCUT2D eigenvalue weighted by Crippen LogP contribution is 2.37. The van der Waals surface area contributed by atoms with Crippen LogP contribution in [0.2, 0.25) is 10.0 Å². The van der Waals surface area contributed by atoms with Crippen LogP contribution in [0.5, 0.6) is 17.2 Å². The van der Waals surface area contributed by atoms with Crippen molar-refractivity contribution in [3.05, 3.63) is 127 Å². The van der Waals surface area contributed by atoms with Gasteiger partial charge in [-0.05, 0) is 121 Å². The summed E-state index contributed by atoms with van der Waals surface area (Å²) in [6, 6.07) is 24.1. The number of carbonyl (C=O) groups is 1. The van der Waals surface area contributed by atoms with Gasteiger partial charge in [0.25, 0.3) is 0 Å². The normalized spacial score (nSPS) is 11.2. The number of carbonyl (C=O) groups excluding carboxylic acids is 1. The third-order valence-electron chi connectivity index (χ3n) is 6.71. The second kappa shape index (κ2) is 14.7. The number of ether oxygens (including phenoxy) is 3. The number of hydrazone groups is 1. The van der Waals surface area contributed by atoms with Crippen molar-refractivity contribution in [2.24, 2.45) is 5.10 Å². The van der Waals surface area contributed by atoms with Gasteiger partial charge in [0.2, 0.25) is 0 Å². The van der Waals surface area contributed by atoms with Crippen LogP contribution >= 0.6 is 39.1 Å². The van der Waals surface area contributed by atoms with Crippen LogP contribution in [0, 0.1) is 13.8 Å². The minimum absolute atomic E-state index is 0.113. The topological polar surface area (TPSA) is 87.2 Å². The number of hydrogen-bond donors (Lipinski definition) is 1.